The molecule has 1 aromatic rings. The topological polar surface area (TPSA) is 82.5 Å². The fraction of sp³-hybridized carbons (Fsp3) is 0.562. The summed E-state index contributed by atoms with van der Waals surface area (Å²) in [5.41, 5.74) is 1.24. The minimum absolute atomic E-state index is 0.271. The fourth-order valence-electron chi connectivity index (χ4n) is 2.61. The lowest BCUT2D eigenvalue weighted by molar-refractivity contribution is -0.139. The summed E-state index contributed by atoms with van der Waals surface area (Å²) in [4.78, 5) is 29.7. The highest BCUT2D eigenvalue weighted by Crippen LogP contribution is 2.20. The van der Waals surface area contributed by atoms with Gasteiger partial charge in [-0.05, 0) is 31.4 Å². The molecule has 6 nitrogen and oxygen atoms in total. The highest BCUT2D eigenvalue weighted by atomic mass is 16.4. The molecule has 1 fully saturated rings. The molecular weight excluding hydrogens is 282 g/mol. The summed E-state index contributed by atoms with van der Waals surface area (Å²) in [5.74, 6) is -1.43. The lowest BCUT2D eigenvalue weighted by Gasteiger charge is -2.18. The van der Waals surface area contributed by atoms with Crippen LogP contribution < -0.4 is 10.2 Å². The lowest BCUT2D eigenvalue weighted by Crippen LogP contribution is -2.41. The van der Waals surface area contributed by atoms with E-state index in [0.717, 1.165) is 44.5 Å². The molecule has 1 saturated heterocycles. The molecule has 1 aliphatic heterocycles. The van der Waals surface area contributed by atoms with Gasteiger partial charge in [-0.1, -0.05) is 19.8 Å². The van der Waals surface area contributed by atoms with E-state index in [0.29, 0.717) is 6.42 Å². The number of nitrogens with one attached hydrogen (secondary N) is 1. The molecule has 0 saturated carbocycles. The number of carboxylic acid groups (broad SMARTS) is 1. The van der Waals surface area contributed by atoms with E-state index >= 15 is 0 Å². The summed E-state index contributed by atoms with van der Waals surface area (Å²) in [6.45, 7) is 3.96. The molecule has 0 spiro atoms. The van der Waals surface area contributed by atoms with Crippen molar-refractivity contribution in [3.63, 3.8) is 0 Å². The van der Waals surface area contributed by atoms with Crippen molar-refractivity contribution in [2.45, 2.75) is 45.1 Å². The number of nitrogens with zero attached hydrogens (tertiary/aromatic N) is 2. The number of unbranched alkanes of at least 4 members (excludes halogenated alkanes) is 1. The third-order valence-corrected chi connectivity index (χ3v) is 3.90. The van der Waals surface area contributed by atoms with E-state index in [4.69, 9.17) is 0 Å². The van der Waals surface area contributed by atoms with Gasteiger partial charge in [0.2, 0.25) is 0 Å². The fourth-order valence-corrected chi connectivity index (χ4v) is 2.61. The maximum Gasteiger partial charge on any atom is 0.326 e. The quantitative estimate of drug-likeness (QED) is 0.805. The first-order chi connectivity index (χ1) is 10.6. The zero-order chi connectivity index (χ0) is 15.9. The van der Waals surface area contributed by atoms with Gasteiger partial charge in [-0.3, -0.25) is 9.78 Å². The van der Waals surface area contributed by atoms with Crippen LogP contribution in [-0.2, 0) is 4.79 Å². The van der Waals surface area contributed by atoms with Crippen molar-refractivity contribution in [2.75, 3.05) is 18.0 Å². The van der Waals surface area contributed by atoms with Crippen molar-refractivity contribution in [1.82, 2.24) is 10.3 Å². The van der Waals surface area contributed by atoms with Crippen LogP contribution in [0.15, 0.2) is 18.3 Å². The molecule has 0 aromatic carbocycles. The lowest BCUT2D eigenvalue weighted by atomic mass is 10.1. The Bertz CT molecular complexity index is 527. The van der Waals surface area contributed by atoms with E-state index < -0.39 is 17.9 Å². The molecule has 2 rings (SSSR count). The second-order valence-electron chi connectivity index (χ2n) is 5.60. The van der Waals surface area contributed by atoms with E-state index in [2.05, 4.69) is 15.2 Å². The van der Waals surface area contributed by atoms with Crippen LogP contribution in [0.3, 0.4) is 0 Å². The molecule has 0 unspecified atom stereocenters. The smallest absolute Gasteiger partial charge is 0.326 e. The van der Waals surface area contributed by atoms with Gasteiger partial charge in [-0.15, -0.1) is 0 Å². The highest BCUT2D eigenvalue weighted by molar-refractivity contribution is 5.95. The Balaban J connectivity index is 2.04. The molecule has 1 aromatic heterocycles. The van der Waals surface area contributed by atoms with Gasteiger partial charge in [0.25, 0.3) is 5.91 Å². The van der Waals surface area contributed by atoms with Gasteiger partial charge in [0, 0.05) is 25.0 Å². The van der Waals surface area contributed by atoms with Gasteiger partial charge in [0.05, 0.1) is 0 Å². The molecule has 22 heavy (non-hydrogen) atoms. The van der Waals surface area contributed by atoms with Crippen LogP contribution in [0.1, 0.15) is 49.5 Å². The number of rotatable bonds is 7. The monoisotopic (exact) mass is 305 g/mol. The van der Waals surface area contributed by atoms with Gasteiger partial charge in [0.1, 0.15) is 11.7 Å². The Morgan fingerprint density at radius 2 is 2.14 bits per heavy atom. The van der Waals surface area contributed by atoms with Crippen LogP contribution in [0.25, 0.3) is 0 Å². The summed E-state index contributed by atoms with van der Waals surface area (Å²) in [7, 11) is 0. The summed E-state index contributed by atoms with van der Waals surface area (Å²) >= 11 is 0. The number of anilines is 1. The molecule has 0 aliphatic carbocycles. The number of carbonyl (C=O) groups excluding carboxylic acids is 1. The number of hydrogen-bond donors (Lipinski definition) is 2. The average Bonchev–Trinajstić information content (AvgIpc) is 3.05. The first-order valence-electron chi connectivity index (χ1n) is 7.86. The Morgan fingerprint density at radius 3 is 2.77 bits per heavy atom. The molecule has 0 radical (unpaired) electrons. The van der Waals surface area contributed by atoms with Crippen molar-refractivity contribution in [2.24, 2.45) is 0 Å². The standard InChI is InChI=1S/C16H23N3O3/c1-2-3-6-13(16(21)22)18-15(20)14-11-12(7-8-17-14)19-9-4-5-10-19/h7-8,11,13H,2-6,9-10H2,1H3,(H,18,20)(H,21,22)/t13-/m0/s1. The Hall–Kier alpha value is -2.11. The number of hydrogen-bond acceptors (Lipinski definition) is 4. The van der Waals surface area contributed by atoms with Gasteiger partial charge in [0.15, 0.2) is 0 Å². The van der Waals surface area contributed by atoms with E-state index in [1.165, 1.54) is 0 Å². The van der Waals surface area contributed by atoms with Crippen molar-refractivity contribution >= 4 is 17.6 Å². The van der Waals surface area contributed by atoms with Crippen LogP contribution in [0, 0.1) is 0 Å². The first kappa shape index (κ1) is 16.3. The summed E-state index contributed by atoms with van der Waals surface area (Å²) < 4.78 is 0. The normalized spacial score (nSPS) is 15.6. The van der Waals surface area contributed by atoms with E-state index in [1.54, 1.807) is 12.3 Å². The van der Waals surface area contributed by atoms with E-state index in [9.17, 15) is 14.7 Å². The number of carbonyl (C=O) groups is 2. The SMILES string of the molecule is CCCC[C@H](NC(=O)c1cc(N2CCCC2)ccn1)C(=O)O. The summed E-state index contributed by atoms with van der Waals surface area (Å²) in [6, 6.07) is 2.76. The Kier molecular flexibility index (Phi) is 5.75. The number of aromatic nitrogens is 1. The Morgan fingerprint density at radius 1 is 1.41 bits per heavy atom. The molecule has 1 atom stereocenters. The van der Waals surface area contributed by atoms with Crippen molar-refractivity contribution in [3.05, 3.63) is 24.0 Å². The van der Waals surface area contributed by atoms with Crippen molar-refractivity contribution in [1.29, 1.82) is 0 Å². The maximum atomic E-state index is 12.2. The minimum Gasteiger partial charge on any atom is -0.480 e. The van der Waals surface area contributed by atoms with Crippen LogP contribution >= 0.6 is 0 Å². The van der Waals surface area contributed by atoms with Crippen LogP contribution in [-0.4, -0.2) is 41.1 Å². The molecule has 120 valence electrons. The molecule has 2 heterocycles. The number of amides is 1. The third-order valence-electron chi connectivity index (χ3n) is 3.90. The van der Waals surface area contributed by atoms with E-state index in [1.807, 2.05) is 13.0 Å². The number of aliphatic carboxylic acids is 1. The maximum absolute atomic E-state index is 12.2. The molecular formula is C16H23N3O3. The van der Waals surface area contributed by atoms with Gasteiger partial charge in [-0.2, -0.15) is 0 Å². The minimum atomic E-state index is -1.00. The Labute approximate surface area is 130 Å². The summed E-state index contributed by atoms with van der Waals surface area (Å²) in [6.07, 6.45) is 6.00. The third kappa shape index (κ3) is 4.19. The molecule has 1 amide bonds. The van der Waals surface area contributed by atoms with Crippen molar-refractivity contribution in [3.8, 4) is 0 Å². The number of carboxylic acids is 1. The predicted octanol–water partition coefficient (Wildman–Crippen LogP) is 2.05. The molecule has 0 bridgehead atoms. The largest absolute Gasteiger partial charge is 0.480 e. The van der Waals surface area contributed by atoms with Crippen molar-refractivity contribution < 1.29 is 14.7 Å². The molecule has 2 N–H and O–H groups in total. The van der Waals surface area contributed by atoms with E-state index in [-0.39, 0.29) is 5.69 Å². The van der Waals surface area contributed by atoms with Gasteiger partial charge < -0.3 is 15.3 Å². The second-order valence-corrected chi connectivity index (χ2v) is 5.60. The van der Waals surface area contributed by atoms with Crippen LogP contribution in [0.2, 0.25) is 0 Å². The van der Waals surface area contributed by atoms with Gasteiger partial charge in [-0.25, -0.2) is 4.79 Å². The average molecular weight is 305 g/mol. The molecule has 1 aliphatic rings. The highest BCUT2D eigenvalue weighted by Gasteiger charge is 2.21. The summed E-state index contributed by atoms with van der Waals surface area (Å²) in [5, 5.41) is 11.7. The van der Waals surface area contributed by atoms with Crippen LogP contribution in [0.4, 0.5) is 5.69 Å². The van der Waals surface area contributed by atoms with Gasteiger partial charge >= 0.3 is 5.97 Å². The zero-order valence-electron chi connectivity index (χ0n) is 12.9. The number of pyridine rings is 1. The second kappa shape index (κ2) is 7.77. The first-order valence-corrected chi connectivity index (χ1v) is 7.86. The zero-order valence-corrected chi connectivity index (χ0v) is 12.9. The van der Waals surface area contributed by atoms with Crippen LogP contribution in [0.5, 0.6) is 0 Å². The predicted molar refractivity (Wildman–Crippen MR) is 84.1 cm³/mol. The molecule has 6 heteroatoms.